The van der Waals surface area contributed by atoms with Crippen molar-refractivity contribution in [3.05, 3.63) is 27.3 Å². The van der Waals surface area contributed by atoms with Gasteiger partial charge in [-0.25, -0.2) is 4.98 Å². The Morgan fingerprint density at radius 1 is 1.32 bits per heavy atom. The van der Waals surface area contributed by atoms with E-state index in [1.165, 1.54) is 23.4 Å². The summed E-state index contributed by atoms with van der Waals surface area (Å²) in [6, 6.07) is 0. The predicted octanol–water partition coefficient (Wildman–Crippen LogP) is 2.40. The zero-order valence-electron chi connectivity index (χ0n) is 14.7. The lowest BCUT2D eigenvalue weighted by molar-refractivity contribution is -0.121. The van der Waals surface area contributed by atoms with Crippen LogP contribution in [-0.2, 0) is 35.2 Å². The summed E-state index contributed by atoms with van der Waals surface area (Å²) in [4.78, 5) is 22.3. The highest BCUT2D eigenvalue weighted by atomic mass is 32.1. The Morgan fingerprint density at radius 3 is 2.96 bits per heavy atom. The molecule has 2 aromatic rings. The topological polar surface area (TPSA) is 90.1 Å². The first-order chi connectivity index (χ1) is 12.2. The average molecular weight is 364 g/mol. The summed E-state index contributed by atoms with van der Waals surface area (Å²) in [5.41, 5.74) is 1.27. The lowest BCUT2D eigenvalue weighted by atomic mass is 10.0. The maximum atomic E-state index is 12.0. The Balaban J connectivity index is 1.38. The number of hydrogen-bond acceptors (Lipinski definition) is 7. The fourth-order valence-electron chi connectivity index (χ4n) is 2.77. The lowest BCUT2D eigenvalue weighted by Gasteiger charge is -2.06. The van der Waals surface area contributed by atoms with Gasteiger partial charge in [-0.3, -0.25) is 4.79 Å². The van der Waals surface area contributed by atoms with Crippen LogP contribution in [0.3, 0.4) is 0 Å². The second kappa shape index (κ2) is 8.53. The van der Waals surface area contributed by atoms with E-state index >= 15 is 0 Å². The molecule has 25 heavy (non-hydrogen) atoms. The first-order valence-corrected chi connectivity index (χ1v) is 9.56. The normalized spacial score (nSPS) is 15.0. The third-order valence-corrected chi connectivity index (χ3v) is 5.54. The minimum atomic E-state index is -0.213. The molecule has 8 heteroatoms. The van der Waals surface area contributed by atoms with Crippen LogP contribution in [0, 0.1) is 0 Å². The molecular weight excluding hydrogens is 340 g/mol. The Hall–Kier alpha value is -1.80. The molecule has 1 amide bonds. The van der Waals surface area contributed by atoms with E-state index in [-0.39, 0.29) is 12.0 Å². The minimum absolute atomic E-state index is 0.0131. The van der Waals surface area contributed by atoms with Gasteiger partial charge < -0.3 is 14.6 Å². The molecule has 0 aromatic carbocycles. The molecule has 3 rings (SSSR count). The molecule has 0 saturated carbocycles. The van der Waals surface area contributed by atoms with Gasteiger partial charge >= 0.3 is 0 Å². The molecular formula is C17H24N4O3S. The quantitative estimate of drug-likeness (QED) is 0.773. The molecule has 0 spiro atoms. The number of fused-ring (bicyclic) bond motifs is 1. The summed E-state index contributed by atoms with van der Waals surface area (Å²) in [6.07, 6.45) is 6.12. The van der Waals surface area contributed by atoms with Gasteiger partial charge in [0.2, 0.25) is 11.8 Å². The van der Waals surface area contributed by atoms with Crippen LogP contribution in [0.5, 0.6) is 0 Å². The number of aryl methyl sites for hydroxylation is 3. The lowest BCUT2D eigenvalue weighted by Crippen LogP contribution is -2.25. The number of aromatic nitrogens is 3. The van der Waals surface area contributed by atoms with Crippen LogP contribution < -0.4 is 5.32 Å². The zero-order chi connectivity index (χ0) is 17.6. The molecule has 7 nitrogen and oxygen atoms in total. The van der Waals surface area contributed by atoms with Crippen molar-refractivity contribution in [1.29, 1.82) is 0 Å². The van der Waals surface area contributed by atoms with Crippen LogP contribution in [0.25, 0.3) is 0 Å². The summed E-state index contributed by atoms with van der Waals surface area (Å²) in [7, 11) is 1.59. The zero-order valence-corrected chi connectivity index (χ0v) is 15.5. The van der Waals surface area contributed by atoms with E-state index in [4.69, 9.17) is 14.2 Å². The van der Waals surface area contributed by atoms with Crippen molar-refractivity contribution >= 4 is 17.2 Å². The predicted molar refractivity (Wildman–Crippen MR) is 93.5 cm³/mol. The second-order valence-corrected chi connectivity index (χ2v) is 7.38. The van der Waals surface area contributed by atoms with Gasteiger partial charge in [0.25, 0.3) is 0 Å². The van der Waals surface area contributed by atoms with Crippen molar-refractivity contribution in [2.75, 3.05) is 13.7 Å². The summed E-state index contributed by atoms with van der Waals surface area (Å²) in [5.74, 6) is 0.952. The van der Waals surface area contributed by atoms with Crippen LogP contribution >= 0.6 is 11.3 Å². The van der Waals surface area contributed by atoms with Crippen molar-refractivity contribution in [3.8, 4) is 0 Å². The average Bonchev–Trinajstić information content (AvgIpc) is 3.25. The number of ether oxygens (including phenoxy) is 1. The highest BCUT2D eigenvalue weighted by Gasteiger charge is 2.16. The Morgan fingerprint density at radius 2 is 2.16 bits per heavy atom. The summed E-state index contributed by atoms with van der Waals surface area (Å²) >= 11 is 1.80. The van der Waals surface area contributed by atoms with E-state index in [0.717, 1.165) is 24.3 Å². The minimum Gasteiger partial charge on any atom is -0.374 e. The van der Waals surface area contributed by atoms with Crippen molar-refractivity contribution in [3.63, 3.8) is 0 Å². The molecule has 0 fully saturated rings. The van der Waals surface area contributed by atoms with Crippen molar-refractivity contribution < 1.29 is 14.1 Å². The number of amides is 1. The maximum absolute atomic E-state index is 12.0. The summed E-state index contributed by atoms with van der Waals surface area (Å²) < 4.78 is 10.3. The van der Waals surface area contributed by atoms with Gasteiger partial charge in [0.15, 0.2) is 5.82 Å². The van der Waals surface area contributed by atoms with Crippen LogP contribution in [0.1, 0.15) is 59.6 Å². The van der Waals surface area contributed by atoms with Gasteiger partial charge in [0, 0.05) is 37.8 Å². The van der Waals surface area contributed by atoms with Crippen molar-refractivity contribution in [2.24, 2.45) is 0 Å². The van der Waals surface area contributed by atoms with Gasteiger partial charge in [0.05, 0.1) is 10.7 Å². The second-order valence-electron chi connectivity index (χ2n) is 6.21. The van der Waals surface area contributed by atoms with Crippen molar-refractivity contribution in [1.82, 2.24) is 20.4 Å². The molecule has 0 radical (unpaired) electrons. The Kier molecular flexibility index (Phi) is 6.14. The van der Waals surface area contributed by atoms with Gasteiger partial charge in [-0.15, -0.1) is 11.3 Å². The molecule has 136 valence electrons. The van der Waals surface area contributed by atoms with Crippen LogP contribution in [0.15, 0.2) is 4.52 Å². The van der Waals surface area contributed by atoms with E-state index in [1.807, 2.05) is 6.92 Å². The van der Waals surface area contributed by atoms with Crippen LogP contribution in [-0.4, -0.2) is 34.7 Å². The van der Waals surface area contributed by atoms with Gasteiger partial charge in [-0.2, -0.15) is 4.98 Å². The Bertz CT molecular complexity index is 689. The van der Waals surface area contributed by atoms with Crippen molar-refractivity contribution in [2.45, 2.75) is 58.0 Å². The molecule has 1 atom stereocenters. The number of thiazole rings is 1. The number of nitrogens with one attached hydrogen (secondary N) is 1. The maximum Gasteiger partial charge on any atom is 0.227 e. The highest BCUT2D eigenvalue weighted by Crippen LogP contribution is 2.26. The number of hydrogen-bond donors (Lipinski definition) is 1. The van der Waals surface area contributed by atoms with Crippen LogP contribution in [0.4, 0.5) is 0 Å². The highest BCUT2D eigenvalue weighted by molar-refractivity contribution is 7.11. The summed E-state index contributed by atoms with van der Waals surface area (Å²) in [5, 5.41) is 7.91. The molecule has 0 unspecified atom stereocenters. The number of carbonyl (C=O) groups is 1. The van der Waals surface area contributed by atoms with Gasteiger partial charge in [0.1, 0.15) is 6.10 Å². The van der Waals surface area contributed by atoms with E-state index in [9.17, 15) is 4.79 Å². The number of carbonyl (C=O) groups excluding carboxylic acids is 1. The molecule has 0 saturated heterocycles. The molecule has 1 aliphatic carbocycles. The molecule has 0 bridgehead atoms. The summed E-state index contributed by atoms with van der Waals surface area (Å²) in [6.45, 7) is 2.46. The van der Waals surface area contributed by atoms with Gasteiger partial charge in [-0.05, 0) is 32.6 Å². The van der Waals surface area contributed by atoms with Crippen LogP contribution in [0.2, 0.25) is 0 Å². The fraction of sp³-hybridized carbons (Fsp3) is 0.647. The third-order valence-electron chi connectivity index (χ3n) is 4.32. The molecule has 0 aliphatic heterocycles. The van der Waals surface area contributed by atoms with E-state index in [2.05, 4.69) is 15.5 Å². The monoisotopic (exact) mass is 364 g/mol. The van der Waals surface area contributed by atoms with E-state index < -0.39 is 0 Å². The molecule has 2 heterocycles. The number of rotatable bonds is 8. The Labute approximate surface area is 151 Å². The first-order valence-electron chi connectivity index (χ1n) is 8.75. The molecule has 1 aliphatic rings. The van der Waals surface area contributed by atoms with E-state index in [1.54, 1.807) is 18.4 Å². The largest absolute Gasteiger partial charge is 0.374 e. The van der Waals surface area contributed by atoms with E-state index in [0.29, 0.717) is 31.1 Å². The SMILES string of the molecule is CO[C@@H](C)c1noc(CCC(=O)NCCc2nc3c(s2)CCCC3)n1. The molecule has 1 N–H and O–H groups in total. The smallest absolute Gasteiger partial charge is 0.227 e. The fourth-order valence-corrected chi connectivity index (χ4v) is 3.93. The van der Waals surface area contributed by atoms with Gasteiger partial charge in [-0.1, -0.05) is 5.16 Å². The first kappa shape index (κ1) is 18.0. The molecule has 2 aromatic heterocycles. The number of methoxy groups -OCH3 is 1. The number of nitrogens with zero attached hydrogens (tertiary/aromatic N) is 3. The standard InChI is InChI=1S/C17H24N4O3S/c1-11(23-2)17-20-15(24-21-17)8-7-14(22)18-10-9-16-19-12-5-3-4-6-13(12)25-16/h11H,3-10H2,1-2H3,(H,18,22)/t11-/m0/s1. The third kappa shape index (κ3) is 4.85.